The van der Waals surface area contributed by atoms with Gasteiger partial charge in [0.25, 0.3) is 0 Å². The van der Waals surface area contributed by atoms with E-state index in [1.54, 1.807) is 12.1 Å². The number of nitrogens with zero attached hydrogens (tertiary/aromatic N) is 1. The van der Waals surface area contributed by atoms with E-state index in [-0.39, 0.29) is 6.10 Å². The van der Waals surface area contributed by atoms with Crippen molar-refractivity contribution < 1.29 is 9.47 Å². The molecule has 0 atom stereocenters. The molecule has 0 fully saturated rings. The molecule has 0 aromatic heterocycles. The summed E-state index contributed by atoms with van der Waals surface area (Å²) < 4.78 is 11.6. The van der Waals surface area contributed by atoms with Crippen molar-refractivity contribution in [1.29, 1.82) is 0 Å². The van der Waals surface area contributed by atoms with Gasteiger partial charge < -0.3 is 15.2 Å². The van der Waals surface area contributed by atoms with Gasteiger partial charge in [-0.05, 0) is 45.9 Å². The molecule has 0 aliphatic carbocycles. The summed E-state index contributed by atoms with van der Waals surface area (Å²) in [5.41, 5.74) is 6.57. The van der Waals surface area contributed by atoms with Crippen LogP contribution in [0.5, 0.6) is 5.75 Å². The molecule has 0 spiro atoms. The molecule has 1 aliphatic rings. The van der Waals surface area contributed by atoms with Crippen LogP contribution in [0.4, 0.5) is 11.4 Å². The van der Waals surface area contributed by atoms with E-state index in [1.807, 2.05) is 33.8 Å². The Bertz CT molecular complexity index is 464. The highest BCUT2D eigenvalue weighted by molar-refractivity contribution is 5.90. The number of aliphatic imine (C=N–C) groups is 1. The number of fused-ring (bicyclic) bond motifs is 1. The van der Waals surface area contributed by atoms with Crippen molar-refractivity contribution in [1.82, 2.24) is 0 Å². The number of ether oxygens (including phenoxy) is 2. The van der Waals surface area contributed by atoms with Gasteiger partial charge in [0.1, 0.15) is 11.4 Å². The molecular weight excluding hydrogens is 216 g/mol. The standard InChI is InChI=1S/C13H18N2O2/c1-8(2)16-12-13(3,4)17-11-6-5-9(14)7-10(11)15-12/h5-8H,14H2,1-4H3. The van der Waals surface area contributed by atoms with Crippen LogP contribution in [0.2, 0.25) is 0 Å². The van der Waals surface area contributed by atoms with Crippen LogP contribution < -0.4 is 10.5 Å². The zero-order valence-electron chi connectivity index (χ0n) is 10.7. The van der Waals surface area contributed by atoms with Crippen LogP contribution in [-0.2, 0) is 4.74 Å². The third-order valence-corrected chi connectivity index (χ3v) is 2.43. The molecular formula is C13H18N2O2. The lowest BCUT2D eigenvalue weighted by Crippen LogP contribution is -2.42. The average molecular weight is 234 g/mol. The molecule has 0 saturated carbocycles. The first kappa shape index (κ1) is 11.8. The first-order valence-corrected chi connectivity index (χ1v) is 5.73. The Balaban J connectivity index is 2.43. The van der Waals surface area contributed by atoms with Crippen molar-refractivity contribution in [3.63, 3.8) is 0 Å². The van der Waals surface area contributed by atoms with Gasteiger partial charge in [-0.1, -0.05) is 0 Å². The molecule has 1 aliphatic heterocycles. The maximum Gasteiger partial charge on any atom is 0.233 e. The number of benzene rings is 1. The van der Waals surface area contributed by atoms with E-state index in [0.717, 1.165) is 11.4 Å². The number of rotatable bonds is 1. The lowest BCUT2D eigenvalue weighted by atomic mass is 10.1. The normalized spacial score (nSPS) is 17.1. The predicted molar refractivity (Wildman–Crippen MR) is 68.9 cm³/mol. The van der Waals surface area contributed by atoms with Gasteiger partial charge >= 0.3 is 0 Å². The van der Waals surface area contributed by atoms with Crippen molar-refractivity contribution in [2.75, 3.05) is 5.73 Å². The molecule has 1 aromatic rings. The van der Waals surface area contributed by atoms with Crippen molar-refractivity contribution in [2.45, 2.75) is 39.4 Å². The summed E-state index contributed by atoms with van der Waals surface area (Å²) in [5, 5.41) is 0. The quantitative estimate of drug-likeness (QED) is 0.760. The second-order valence-electron chi connectivity index (χ2n) is 4.92. The Hall–Kier alpha value is -1.71. The zero-order chi connectivity index (χ0) is 12.6. The van der Waals surface area contributed by atoms with Crippen LogP contribution in [0.3, 0.4) is 0 Å². The number of nitrogens with two attached hydrogens (primary N) is 1. The summed E-state index contributed by atoms with van der Waals surface area (Å²) in [4.78, 5) is 4.49. The Labute approximate surface area is 101 Å². The summed E-state index contributed by atoms with van der Waals surface area (Å²) in [6, 6.07) is 5.43. The molecule has 0 amide bonds. The third-order valence-electron chi connectivity index (χ3n) is 2.43. The number of nitrogen functional groups attached to an aromatic ring is 1. The number of anilines is 1. The minimum absolute atomic E-state index is 0.0687. The van der Waals surface area contributed by atoms with Gasteiger partial charge in [0.05, 0.1) is 6.10 Å². The summed E-state index contributed by atoms with van der Waals surface area (Å²) in [6.45, 7) is 7.81. The summed E-state index contributed by atoms with van der Waals surface area (Å²) in [5.74, 6) is 1.32. The second kappa shape index (κ2) is 3.95. The lowest BCUT2D eigenvalue weighted by molar-refractivity contribution is 0.114. The molecule has 1 heterocycles. The smallest absolute Gasteiger partial charge is 0.233 e. The number of hydrogen-bond acceptors (Lipinski definition) is 4. The van der Waals surface area contributed by atoms with Gasteiger partial charge in [0.15, 0.2) is 5.60 Å². The average Bonchev–Trinajstić information content (AvgIpc) is 2.19. The highest BCUT2D eigenvalue weighted by Crippen LogP contribution is 2.37. The molecule has 1 aromatic carbocycles. The van der Waals surface area contributed by atoms with E-state index in [2.05, 4.69) is 4.99 Å². The molecule has 0 bridgehead atoms. The Kier molecular flexibility index (Phi) is 2.73. The first-order chi connectivity index (χ1) is 7.88. The highest BCUT2D eigenvalue weighted by Gasteiger charge is 2.34. The van der Waals surface area contributed by atoms with Crippen LogP contribution in [0.25, 0.3) is 0 Å². The predicted octanol–water partition coefficient (Wildman–Crippen LogP) is 2.89. The minimum atomic E-state index is -0.548. The molecule has 4 nitrogen and oxygen atoms in total. The SMILES string of the molecule is CC(C)OC1=Nc2cc(N)ccc2OC1(C)C. The summed E-state index contributed by atoms with van der Waals surface area (Å²) in [7, 11) is 0. The molecule has 92 valence electrons. The fourth-order valence-corrected chi connectivity index (χ4v) is 1.66. The molecule has 4 heteroatoms. The van der Waals surface area contributed by atoms with Gasteiger partial charge in [0, 0.05) is 5.69 Å². The maximum atomic E-state index is 5.88. The van der Waals surface area contributed by atoms with Gasteiger partial charge in [-0.25, -0.2) is 4.99 Å². The van der Waals surface area contributed by atoms with Crippen LogP contribution in [0, 0.1) is 0 Å². The highest BCUT2D eigenvalue weighted by atomic mass is 16.6. The molecule has 0 unspecified atom stereocenters. The Morgan fingerprint density at radius 2 is 2.06 bits per heavy atom. The molecule has 2 rings (SSSR count). The number of hydrogen-bond donors (Lipinski definition) is 1. The fraction of sp³-hybridized carbons (Fsp3) is 0.462. The van der Waals surface area contributed by atoms with Crippen molar-refractivity contribution >= 4 is 17.3 Å². The fourth-order valence-electron chi connectivity index (χ4n) is 1.66. The first-order valence-electron chi connectivity index (χ1n) is 5.73. The molecule has 2 N–H and O–H groups in total. The van der Waals surface area contributed by atoms with E-state index in [9.17, 15) is 0 Å². The van der Waals surface area contributed by atoms with Crippen LogP contribution in [0.15, 0.2) is 23.2 Å². The molecule has 17 heavy (non-hydrogen) atoms. The van der Waals surface area contributed by atoms with Crippen molar-refractivity contribution in [3.05, 3.63) is 18.2 Å². The monoisotopic (exact) mass is 234 g/mol. The van der Waals surface area contributed by atoms with E-state index in [1.165, 1.54) is 0 Å². The second-order valence-corrected chi connectivity index (χ2v) is 4.92. The van der Waals surface area contributed by atoms with Crippen LogP contribution in [0.1, 0.15) is 27.7 Å². The van der Waals surface area contributed by atoms with E-state index < -0.39 is 5.60 Å². The largest absolute Gasteiger partial charge is 0.476 e. The maximum absolute atomic E-state index is 5.88. The van der Waals surface area contributed by atoms with Crippen LogP contribution >= 0.6 is 0 Å². The Morgan fingerprint density at radius 3 is 2.71 bits per heavy atom. The van der Waals surface area contributed by atoms with E-state index in [4.69, 9.17) is 15.2 Å². The van der Waals surface area contributed by atoms with Gasteiger partial charge in [0.2, 0.25) is 5.90 Å². The third kappa shape index (κ3) is 2.35. The van der Waals surface area contributed by atoms with E-state index >= 15 is 0 Å². The van der Waals surface area contributed by atoms with Gasteiger partial charge in [-0.15, -0.1) is 0 Å². The lowest BCUT2D eigenvalue weighted by Gasteiger charge is -2.32. The van der Waals surface area contributed by atoms with Crippen molar-refractivity contribution in [3.8, 4) is 5.75 Å². The Morgan fingerprint density at radius 1 is 1.35 bits per heavy atom. The van der Waals surface area contributed by atoms with E-state index in [0.29, 0.717) is 11.6 Å². The molecule has 0 radical (unpaired) electrons. The summed E-state index contributed by atoms with van der Waals surface area (Å²) in [6.07, 6.45) is 0.0687. The molecule has 0 saturated heterocycles. The van der Waals surface area contributed by atoms with Crippen LogP contribution in [-0.4, -0.2) is 17.6 Å². The topological polar surface area (TPSA) is 56.8 Å². The van der Waals surface area contributed by atoms with Gasteiger partial charge in [-0.3, -0.25) is 0 Å². The zero-order valence-corrected chi connectivity index (χ0v) is 10.7. The summed E-state index contributed by atoms with van der Waals surface area (Å²) >= 11 is 0. The van der Waals surface area contributed by atoms with Gasteiger partial charge in [-0.2, -0.15) is 0 Å². The van der Waals surface area contributed by atoms with Crippen molar-refractivity contribution in [2.24, 2.45) is 4.99 Å². The minimum Gasteiger partial charge on any atom is -0.476 e.